The largest absolute Gasteiger partial charge is 0.733 e. The van der Waals surface area contributed by atoms with E-state index in [1.54, 1.807) is 12.1 Å². The van der Waals surface area contributed by atoms with Crippen LogP contribution in [0.4, 0.5) is 5.69 Å². The number of anilines is 1. The molecule has 0 heterocycles. The van der Waals surface area contributed by atoms with E-state index in [4.69, 9.17) is 10.5 Å². The second-order valence-electron chi connectivity index (χ2n) is 2.92. The topological polar surface area (TPSA) is 96.6 Å². The van der Waals surface area contributed by atoms with E-state index in [1.165, 1.54) is 18.2 Å². The van der Waals surface area contributed by atoms with E-state index in [-0.39, 0.29) is 16.5 Å². The monoisotopic (exact) mass is 221 g/mol. The van der Waals surface area contributed by atoms with Gasteiger partial charge in [0.05, 0.1) is 18.9 Å². The highest BCUT2D eigenvalue weighted by Gasteiger charge is 2.23. The van der Waals surface area contributed by atoms with Crippen molar-refractivity contribution in [2.75, 3.05) is 12.3 Å². The van der Waals surface area contributed by atoms with Gasteiger partial charge in [-0.2, -0.15) is 5.26 Å². The Hall–Kier alpha value is -2.10. The minimum Gasteiger partial charge on any atom is -0.733 e. The van der Waals surface area contributed by atoms with Crippen LogP contribution in [0.15, 0.2) is 24.3 Å². The van der Waals surface area contributed by atoms with Crippen LogP contribution in [0.3, 0.4) is 0 Å². The predicted molar refractivity (Wildman–Crippen MR) is 54.4 cm³/mol. The summed E-state index contributed by atoms with van der Waals surface area (Å²) >= 11 is 0. The molecule has 0 fully saturated rings. The fraction of sp³-hybridized carbons (Fsp3) is 0.200. The molecule has 6 nitrogen and oxygen atoms in total. The zero-order valence-electron chi connectivity index (χ0n) is 8.45. The van der Waals surface area contributed by atoms with Crippen LogP contribution in [0.25, 0.3) is 0 Å². The van der Waals surface area contributed by atoms with Gasteiger partial charge >= 0.3 is 5.97 Å². The third-order valence-corrected chi connectivity index (χ3v) is 2.02. The molecule has 0 amide bonds. The van der Waals surface area contributed by atoms with Crippen LogP contribution in [0, 0.1) is 16.5 Å². The number of carbonyl (C=O) groups excluding carboxylic acids is 1. The van der Waals surface area contributed by atoms with E-state index >= 15 is 0 Å². The zero-order chi connectivity index (χ0) is 12.1. The smallest absolute Gasteiger partial charge is 0.327 e. The van der Waals surface area contributed by atoms with Gasteiger partial charge in [0, 0.05) is 5.56 Å². The fourth-order valence-electron chi connectivity index (χ4n) is 1.27. The molecule has 1 aromatic carbocycles. The first-order valence-corrected chi connectivity index (χ1v) is 4.34. The van der Waals surface area contributed by atoms with Gasteiger partial charge in [-0.05, 0) is 6.07 Å². The van der Waals surface area contributed by atoms with Crippen molar-refractivity contribution in [3.05, 3.63) is 35.0 Å². The van der Waals surface area contributed by atoms with Crippen molar-refractivity contribution in [1.29, 1.82) is 5.26 Å². The number of rotatable bonds is 3. The lowest BCUT2D eigenvalue weighted by Crippen LogP contribution is -2.17. The zero-order valence-corrected chi connectivity index (χ0v) is 8.45. The highest BCUT2D eigenvalue weighted by atomic mass is 16.8. The summed E-state index contributed by atoms with van der Waals surface area (Å²) in [5.74, 6) is -2.01. The maximum absolute atomic E-state index is 11.3. The van der Waals surface area contributed by atoms with Crippen molar-refractivity contribution < 1.29 is 14.7 Å². The lowest BCUT2D eigenvalue weighted by atomic mass is 9.99. The average molecular weight is 221 g/mol. The van der Waals surface area contributed by atoms with Crippen LogP contribution in [0.5, 0.6) is 0 Å². The number of ether oxygens (including phenoxy) is 1. The number of nitriles is 1. The molecule has 0 aliphatic carbocycles. The number of esters is 1. The number of hydrogen-bond acceptors (Lipinski definition) is 6. The Labute approximate surface area is 91.8 Å². The van der Waals surface area contributed by atoms with Crippen LogP contribution in [-0.4, -0.2) is 18.3 Å². The molecule has 16 heavy (non-hydrogen) atoms. The van der Waals surface area contributed by atoms with Crippen molar-refractivity contribution in [2.45, 2.75) is 5.92 Å². The molecule has 1 unspecified atom stereocenters. The number of methoxy groups -OCH3 is 1. The molecule has 0 aliphatic heterocycles. The highest BCUT2D eigenvalue weighted by Crippen LogP contribution is 2.27. The van der Waals surface area contributed by atoms with Crippen molar-refractivity contribution in [3.63, 3.8) is 0 Å². The fourth-order valence-corrected chi connectivity index (χ4v) is 1.27. The number of carbonyl (C=O) groups is 1. The molecule has 0 radical (unpaired) electrons. The lowest BCUT2D eigenvalue weighted by molar-refractivity contribution is -0.140. The van der Waals surface area contributed by atoms with Gasteiger partial charge in [-0.25, -0.2) is 0 Å². The quantitative estimate of drug-likeness (QED) is 0.607. The van der Waals surface area contributed by atoms with Crippen molar-refractivity contribution >= 4 is 11.7 Å². The van der Waals surface area contributed by atoms with Crippen LogP contribution in [0.2, 0.25) is 0 Å². The lowest BCUT2D eigenvalue weighted by Gasteiger charge is -2.25. The minimum absolute atomic E-state index is 0.106. The van der Waals surface area contributed by atoms with Crippen molar-refractivity contribution in [1.82, 2.24) is 0 Å². The van der Waals surface area contributed by atoms with Crippen molar-refractivity contribution in [2.24, 2.45) is 0 Å². The van der Waals surface area contributed by atoms with Gasteiger partial charge in [0.15, 0.2) is 5.92 Å². The summed E-state index contributed by atoms with van der Waals surface area (Å²) in [4.78, 5) is 11.3. The van der Waals surface area contributed by atoms with E-state index in [1.807, 2.05) is 0 Å². The molecule has 1 rings (SSSR count). The van der Waals surface area contributed by atoms with Gasteiger partial charge in [0.2, 0.25) is 0 Å². The van der Waals surface area contributed by atoms with Crippen LogP contribution < -0.4 is 5.23 Å². The van der Waals surface area contributed by atoms with Crippen LogP contribution in [0.1, 0.15) is 11.5 Å². The Morgan fingerprint density at radius 3 is 2.75 bits per heavy atom. The molecular weight excluding hydrogens is 212 g/mol. The first-order valence-electron chi connectivity index (χ1n) is 4.34. The summed E-state index contributed by atoms with van der Waals surface area (Å²) in [6.07, 6.45) is 0. The normalized spacial score (nSPS) is 11.4. The molecule has 1 N–H and O–H groups in total. The number of benzene rings is 1. The predicted octanol–water partition coefficient (Wildman–Crippen LogP) is 1.16. The Kier molecular flexibility index (Phi) is 3.83. The molecule has 84 valence electrons. The second-order valence-corrected chi connectivity index (χ2v) is 2.92. The second kappa shape index (κ2) is 5.11. The third kappa shape index (κ3) is 2.28. The molecule has 0 aliphatic rings. The standard InChI is InChI=1S/C10H9N2O4/c1-16-10(13)8(6-11)7-4-2-3-5-9(7)12(14)15/h2-5,8,14H,1H3/q-1. The Bertz CT molecular complexity index is 425. The summed E-state index contributed by atoms with van der Waals surface area (Å²) < 4.78 is 4.43. The summed E-state index contributed by atoms with van der Waals surface area (Å²) in [5, 5.41) is 28.1. The Morgan fingerprint density at radius 1 is 1.62 bits per heavy atom. The molecule has 0 saturated heterocycles. The molecule has 1 aromatic rings. The summed E-state index contributed by atoms with van der Waals surface area (Å²) in [5.41, 5.74) is -0.0474. The summed E-state index contributed by atoms with van der Waals surface area (Å²) in [6, 6.07) is 7.48. The van der Waals surface area contributed by atoms with Crippen molar-refractivity contribution in [3.8, 4) is 6.07 Å². The molecule has 1 atom stereocenters. The van der Waals surface area contributed by atoms with Gasteiger partial charge in [-0.3, -0.25) is 10.0 Å². The van der Waals surface area contributed by atoms with Gasteiger partial charge in [0.25, 0.3) is 0 Å². The molecule has 0 saturated carbocycles. The first-order chi connectivity index (χ1) is 7.61. The first kappa shape index (κ1) is 12.0. The van der Waals surface area contributed by atoms with Gasteiger partial charge in [0.1, 0.15) is 0 Å². The van der Waals surface area contributed by atoms with E-state index < -0.39 is 11.9 Å². The van der Waals surface area contributed by atoms with E-state index in [2.05, 4.69) is 4.74 Å². The van der Waals surface area contributed by atoms with Gasteiger partial charge < -0.3 is 15.2 Å². The van der Waals surface area contributed by atoms with Crippen LogP contribution in [-0.2, 0) is 9.53 Å². The maximum Gasteiger partial charge on any atom is 0.327 e. The van der Waals surface area contributed by atoms with E-state index in [0.717, 1.165) is 7.11 Å². The molecule has 0 aromatic heterocycles. The number of nitrogens with zero attached hydrogens (tertiary/aromatic N) is 2. The van der Waals surface area contributed by atoms with Gasteiger partial charge in [-0.1, -0.05) is 18.2 Å². The summed E-state index contributed by atoms with van der Waals surface area (Å²) in [6.45, 7) is 0. The van der Waals surface area contributed by atoms with Crippen LogP contribution >= 0.6 is 0 Å². The maximum atomic E-state index is 11.3. The SMILES string of the molecule is COC(=O)C(C#N)c1ccccc1N([O-])O. The molecule has 6 heteroatoms. The molecule has 0 spiro atoms. The number of para-hydroxylation sites is 1. The van der Waals surface area contributed by atoms with Gasteiger partial charge in [-0.15, -0.1) is 0 Å². The number of hydrogen-bond donors (Lipinski definition) is 1. The molecular formula is C10H9N2O4-. The third-order valence-electron chi connectivity index (χ3n) is 2.02. The Balaban J connectivity index is 3.21. The average Bonchev–Trinajstić information content (AvgIpc) is 2.30. The Morgan fingerprint density at radius 2 is 2.25 bits per heavy atom. The minimum atomic E-state index is -1.23. The molecule has 0 bridgehead atoms. The summed E-state index contributed by atoms with van der Waals surface area (Å²) in [7, 11) is 1.14. The highest BCUT2D eigenvalue weighted by molar-refractivity contribution is 5.83. The van der Waals surface area contributed by atoms with E-state index in [9.17, 15) is 10.0 Å². The van der Waals surface area contributed by atoms with E-state index in [0.29, 0.717) is 0 Å².